The molecule has 4 nitrogen and oxygen atoms in total. The molecule has 2 N–H and O–H groups in total. The molecule has 22 heavy (non-hydrogen) atoms. The van der Waals surface area contributed by atoms with Gasteiger partial charge in [-0.2, -0.15) is 0 Å². The van der Waals surface area contributed by atoms with Crippen LogP contribution < -0.4 is 10.6 Å². The fourth-order valence-corrected chi connectivity index (χ4v) is 3.93. The molecular formula is C14H20BrIN4S2. The van der Waals surface area contributed by atoms with Crippen molar-refractivity contribution in [2.45, 2.75) is 26.8 Å². The number of hydrogen-bond donors (Lipinski definition) is 2. The van der Waals surface area contributed by atoms with Crippen LogP contribution >= 0.6 is 62.6 Å². The quantitative estimate of drug-likeness (QED) is 0.345. The average Bonchev–Trinajstić information content (AvgIpc) is 3.05. The molecule has 2 aromatic heterocycles. The Morgan fingerprint density at radius 2 is 2.14 bits per heavy atom. The molecule has 0 saturated heterocycles. The van der Waals surface area contributed by atoms with E-state index < -0.39 is 0 Å². The largest absolute Gasteiger partial charge is 0.357 e. The lowest BCUT2D eigenvalue weighted by Gasteiger charge is -2.10. The fraction of sp³-hybridized carbons (Fsp3) is 0.429. The maximum absolute atomic E-state index is 4.60. The van der Waals surface area contributed by atoms with E-state index in [4.69, 9.17) is 0 Å². The Morgan fingerprint density at radius 1 is 1.32 bits per heavy atom. The summed E-state index contributed by atoms with van der Waals surface area (Å²) in [5.41, 5.74) is 0. The molecule has 0 atom stereocenters. The molecule has 0 aliphatic heterocycles. The Hall–Kier alpha value is -0.190. The topological polar surface area (TPSA) is 49.3 Å². The van der Waals surface area contributed by atoms with Crippen molar-refractivity contribution in [2.75, 3.05) is 13.1 Å². The molecule has 0 fully saturated rings. The Morgan fingerprint density at radius 3 is 2.73 bits per heavy atom. The highest BCUT2D eigenvalue weighted by Crippen LogP contribution is 2.22. The van der Waals surface area contributed by atoms with Crippen molar-refractivity contribution >= 4 is 68.5 Å². The monoisotopic (exact) mass is 514 g/mol. The minimum Gasteiger partial charge on any atom is -0.357 e. The number of thiazole rings is 1. The molecule has 0 amide bonds. The smallest absolute Gasteiger partial charge is 0.191 e. The summed E-state index contributed by atoms with van der Waals surface area (Å²) in [5, 5.41) is 7.78. The average molecular weight is 515 g/mol. The van der Waals surface area contributed by atoms with Gasteiger partial charge in [0.05, 0.1) is 15.3 Å². The van der Waals surface area contributed by atoms with Crippen molar-refractivity contribution in [3.05, 3.63) is 36.9 Å². The Bertz CT molecular complexity index is 597. The van der Waals surface area contributed by atoms with Crippen molar-refractivity contribution in [2.24, 2.45) is 4.99 Å². The van der Waals surface area contributed by atoms with E-state index in [1.807, 2.05) is 6.20 Å². The Labute approximate surface area is 165 Å². The molecule has 0 aliphatic rings. The Balaban J connectivity index is 0.00000242. The molecule has 2 aromatic rings. The van der Waals surface area contributed by atoms with Gasteiger partial charge in [0.1, 0.15) is 0 Å². The van der Waals surface area contributed by atoms with Gasteiger partial charge in [0, 0.05) is 35.5 Å². The van der Waals surface area contributed by atoms with Gasteiger partial charge in [-0.15, -0.1) is 46.7 Å². The minimum absolute atomic E-state index is 0. The van der Waals surface area contributed by atoms with Gasteiger partial charge < -0.3 is 10.6 Å². The number of halogens is 2. The second-order valence-electron chi connectivity index (χ2n) is 4.44. The minimum atomic E-state index is 0. The summed E-state index contributed by atoms with van der Waals surface area (Å²) in [6, 6.07) is 4.15. The van der Waals surface area contributed by atoms with E-state index in [-0.39, 0.29) is 24.0 Å². The summed E-state index contributed by atoms with van der Waals surface area (Å²) >= 11 is 6.94. The highest BCUT2D eigenvalue weighted by atomic mass is 127. The lowest BCUT2D eigenvalue weighted by Crippen LogP contribution is -2.38. The first-order valence-corrected chi connectivity index (χ1v) is 9.27. The zero-order valence-corrected chi connectivity index (χ0v) is 18.1. The molecule has 2 heterocycles. The summed E-state index contributed by atoms with van der Waals surface area (Å²) in [4.78, 5) is 11.5. The van der Waals surface area contributed by atoms with Crippen LogP contribution in [0.4, 0.5) is 0 Å². The molecule has 0 aromatic carbocycles. The van der Waals surface area contributed by atoms with Crippen LogP contribution in [0.5, 0.6) is 0 Å². The molecule has 122 valence electrons. The number of nitrogens with zero attached hydrogens (tertiary/aromatic N) is 2. The lowest BCUT2D eigenvalue weighted by molar-refractivity contribution is 0.797. The molecule has 0 saturated carbocycles. The first-order chi connectivity index (χ1) is 10.2. The molecule has 0 aliphatic carbocycles. The summed E-state index contributed by atoms with van der Waals surface area (Å²) in [7, 11) is 0. The standard InChI is InChI=1S/C14H19BrN4S2.HI/c1-3-16-14(19-9-11-4-5-12(15)21-11)17-7-6-13-18-8-10(2)20-13;/h4-5,8H,3,6-7,9H2,1-2H3,(H2,16,17,19);1H. The number of aliphatic imine (C=N–C) groups is 1. The second-order valence-corrected chi connectivity index (χ2v) is 8.31. The summed E-state index contributed by atoms with van der Waals surface area (Å²) < 4.78 is 1.14. The van der Waals surface area contributed by atoms with Gasteiger partial charge in [-0.05, 0) is 41.9 Å². The van der Waals surface area contributed by atoms with Gasteiger partial charge in [-0.3, -0.25) is 0 Å². The van der Waals surface area contributed by atoms with E-state index in [1.54, 1.807) is 22.7 Å². The van der Waals surface area contributed by atoms with Crippen molar-refractivity contribution in [1.82, 2.24) is 15.6 Å². The summed E-state index contributed by atoms with van der Waals surface area (Å²) in [6.07, 6.45) is 2.85. The van der Waals surface area contributed by atoms with Crippen LogP contribution in [0.1, 0.15) is 21.7 Å². The number of aromatic nitrogens is 1. The number of aryl methyl sites for hydroxylation is 1. The van der Waals surface area contributed by atoms with Gasteiger partial charge in [-0.25, -0.2) is 9.98 Å². The van der Waals surface area contributed by atoms with Crippen LogP contribution in [-0.4, -0.2) is 24.0 Å². The second kappa shape index (κ2) is 10.6. The van der Waals surface area contributed by atoms with Crippen molar-refractivity contribution in [3.63, 3.8) is 0 Å². The molecular weight excluding hydrogens is 495 g/mol. The zero-order valence-electron chi connectivity index (χ0n) is 12.6. The first kappa shape index (κ1) is 19.9. The summed E-state index contributed by atoms with van der Waals surface area (Å²) in [6.45, 7) is 6.55. The predicted octanol–water partition coefficient (Wildman–Crippen LogP) is 4.19. The van der Waals surface area contributed by atoms with Crippen molar-refractivity contribution in [1.29, 1.82) is 0 Å². The first-order valence-electron chi connectivity index (χ1n) is 6.85. The Kier molecular flexibility index (Phi) is 9.53. The van der Waals surface area contributed by atoms with Crippen molar-refractivity contribution in [3.8, 4) is 0 Å². The third-order valence-corrected chi connectivity index (χ3v) is 5.25. The number of hydrogen-bond acceptors (Lipinski definition) is 4. The zero-order chi connectivity index (χ0) is 15.1. The highest BCUT2D eigenvalue weighted by molar-refractivity contribution is 14.0. The van der Waals surface area contributed by atoms with Crippen LogP contribution in [0.3, 0.4) is 0 Å². The van der Waals surface area contributed by atoms with Gasteiger partial charge >= 0.3 is 0 Å². The number of nitrogens with one attached hydrogen (secondary N) is 2. The van der Waals surface area contributed by atoms with Gasteiger partial charge in [0.15, 0.2) is 5.96 Å². The van der Waals surface area contributed by atoms with Crippen LogP contribution in [-0.2, 0) is 13.0 Å². The molecule has 8 heteroatoms. The SMILES string of the molecule is CCNC(=NCc1ccc(Br)s1)NCCc1ncc(C)s1.I. The molecule has 0 spiro atoms. The molecule has 0 bridgehead atoms. The lowest BCUT2D eigenvalue weighted by atomic mass is 10.4. The maximum Gasteiger partial charge on any atom is 0.191 e. The normalized spacial score (nSPS) is 11.1. The van der Waals surface area contributed by atoms with Crippen LogP contribution in [0.15, 0.2) is 27.1 Å². The maximum atomic E-state index is 4.60. The van der Waals surface area contributed by atoms with E-state index in [2.05, 4.69) is 62.5 Å². The summed E-state index contributed by atoms with van der Waals surface area (Å²) in [5.74, 6) is 0.857. The van der Waals surface area contributed by atoms with E-state index in [0.717, 1.165) is 34.3 Å². The molecule has 0 radical (unpaired) electrons. The number of thiophene rings is 1. The van der Waals surface area contributed by atoms with Crippen LogP contribution in [0.2, 0.25) is 0 Å². The predicted molar refractivity (Wildman–Crippen MR) is 111 cm³/mol. The van der Waals surface area contributed by atoms with E-state index in [9.17, 15) is 0 Å². The molecule has 2 rings (SSSR count). The van der Waals surface area contributed by atoms with Crippen LogP contribution in [0.25, 0.3) is 0 Å². The highest BCUT2D eigenvalue weighted by Gasteiger charge is 2.02. The third kappa shape index (κ3) is 6.93. The fourth-order valence-electron chi connectivity index (χ4n) is 1.74. The van der Waals surface area contributed by atoms with E-state index >= 15 is 0 Å². The van der Waals surface area contributed by atoms with E-state index in [1.165, 1.54) is 9.75 Å². The molecule has 0 unspecified atom stereocenters. The van der Waals surface area contributed by atoms with Crippen molar-refractivity contribution < 1.29 is 0 Å². The van der Waals surface area contributed by atoms with Gasteiger partial charge in [0.25, 0.3) is 0 Å². The third-order valence-electron chi connectivity index (χ3n) is 2.67. The van der Waals surface area contributed by atoms with Gasteiger partial charge in [-0.1, -0.05) is 0 Å². The van der Waals surface area contributed by atoms with E-state index in [0.29, 0.717) is 6.54 Å². The van der Waals surface area contributed by atoms with Crippen LogP contribution in [0, 0.1) is 6.92 Å². The number of rotatable bonds is 6. The number of guanidine groups is 1. The van der Waals surface area contributed by atoms with Gasteiger partial charge in [0.2, 0.25) is 0 Å².